The highest BCUT2D eigenvalue weighted by Crippen LogP contribution is 2.23. The fourth-order valence-electron chi connectivity index (χ4n) is 3.30. The van der Waals surface area contributed by atoms with Gasteiger partial charge < -0.3 is 9.47 Å². The average Bonchev–Trinajstić information content (AvgIpc) is 2.86. The Morgan fingerprint density at radius 1 is 0.971 bits per heavy atom. The molecular weight excluding hydrogens is 446 g/mol. The molecule has 0 spiro atoms. The fraction of sp³-hybridized carbons (Fsp3) is 0.148. The van der Waals surface area contributed by atoms with E-state index in [0.717, 1.165) is 5.56 Å². The standard InChI is InChI=1S/C27H23N3O5/c1-18(2)35-27(31)21-13-10-20(11-14-21)17-34-26-25(28-23-8-3-4-9-24(23)29-26)15-12-19-6-5-7-22(16-19)30(32)33/h3-16,18H,17H2,1-2H3. The molecular formula is C27H23N3O5. The Kier molecular flexibility index (Phi) is 7.11. The lowest BCUT2D eigenvalue weighted by atomic mass is 10.1. The van der Waals surface area contributed by atoms with Crippen LogP contribution in [-0.4, -0.2) is 27.0 Å². The number of para-hydroxylation sites is 2. The summed E-state index contributed by atoms with van der Waals surface area (Å²) in [4.78, 5) is 31.9. The van der Waals surface area contributed by atoms with Gasteiger partial charge in [0.25, 0.3) is 5.69 Å². The van der Waals surface area contributed by atoms with Crippen LogP contribution in [0.1, 0.15) is 41.0 Å². The summed E-state index contributed by atoms with van der Waals surface area (Å²) < 4.78 is 11.2. The fourth-order valence-corrected chi connectivity index (χ4v) is 3.30. The van der Waals surface area contributed by atoms with Gasteiger partial charge in [-0.25, -0.2) is 14.8 Å². The van der Waals surface area contributed by atoms with E-state index in [1.807, 2.05) is 24.3 Å². The molecule has 0 aliphatic rings. The summed E-state index contributed by atoms with van der Waals surface area (Å²) in [7, 11) is 0. The zero-order chi connectivity index (χ0) is 24.8. The van der Waals surface area contributed by atoms with Gasteiger partial charge in [0.15, 0.2) is 0 Å². The van der Waals surface area contributed by atoms with E-state index < -0.39 is 4.92 Å². The Labute approximate surface area is 202 Å². The van der Waals surface area contributed by atoms with Crippen molar-refractivity contribution in [3.8, 4) is 5.88 Å². The molecule has 0 aliphatic heterocycles. The highest BCUT2D eigenvalue weighted by Gasteiger charge is 2.11. The Hall–Kier alpha value is -4.59. The molecule has 8 nitrogen and oxygen atoms in total. The molecule has 0 amide bonds. The summed E-state index contributed by atoms with van der Waals surface area (Å²) in [6, 6.07) is 20.7. The van der Waals surface area contributed by atoms with E-state index in [1.54, 1.807) is 62.4 Å². The third kappa shape index (κ3) is 6.05. The maximum Gasteiger partial charge on any atom is 0.338 e. The molecule has 0 saturated carbocycles. The lowest BCUT2D eigenvalue weighted by Gasteiger charge is -2.10. The SMILES string of the molecule is CC(C)OC(=O)c1ccc(COc2nc3ccccc3nc2C=Cc2cccc([N+](=O)[O-])c2)cc1. The predicted molar refractivity (Wildman–Crippen MR) is 133 cm³/mol. The number of esters is 1. The van der Waals surface area contributed by atoms with Crippen molar-refractivity contribution in [1.82, 2.24) is 9.97 Å². The molecule has 4 aromatic rings. The second-order valence-electron chi connectivity index (χ2n) is 8.03. The monoisotopic (exact) mass is 469 g/mol. The summed E-state index contributed by atoms with van der Waals surface area (Å²) in [5, 5.41) is 11.1. The number of carbonyl (C=O) groups excluding carboxylic acids is 1. The van der Waals surface area contributed by atoms with Crippen molar-refractivity contribution in [3.63, 3.8) is 0 Å². The van der Waals surface area contributed by atoms with E-state index in [-0.39, 0.29) is 24.4 Å². The van der Waals surface area contributed by atoms with Crippen LogP contribution in [0.3, 0.4) is 0 Å². The predicted octanol–water partition coefficient (Wildman–Crippen LogP) is 5.85. The number of hydrogen-bond acceptors (Lipinski definition) is 7. The van der Waals surface area contributed by atoms with Crippen LogP contribution < -0.4 is 4.74 Å². The van der Waals surface area contributed by atoms with Crippen LogP contribution >= 0.6 is 0 Å². The molecule has 176 valence electrons. The van der Waals surface area contributed by atoms with Gasteiger partial charge in [-0.05, 0) is 55.3 Å². The number of fused-ring (bicyclic) bond motifs is 1. The van der Waals surface area contributed by atoms with Crippen molar-refractivity contribution >= 4 is 34.8 Å². The first-order chi connectivity index (χ1) is 16.9. The van der Waals surface area contributed by atoms with Crippen molar-refractivity contribution in [2.45, 2.75) is 26.6 Å². The Morgan fingerprint density at radius 3 is 2.37 bits per heavy atom. The lowest BCUT2D eigenvalue weighted by molar-refractivity contribution is -0.384. The second kappa shape index (κ2) is 10.6. The smallest absolute Gasteiger partial charge is 0.338 e. The van der Waals surface area contributed by atoms with Crippen LogP contribution in [-0.2, 0) is 11.3 Å². The first-order valence-corrected chi connectivity index (χ1v) is 11.0. The number of nitrogens with zero attached hydrogens (tertiary/aromatic N) is 3. The highest BCUT2D eigenvalue weighted by molar-refractivity contribution is 5.89. The molecule has 0 N–H and O–H groups in total. The van der Waals surface area contributed by atoms with Crippen molar-refractivity contribution in [3.05, 3.63) is 105 Å². The number of ether oxygens (including phenoxy) is 2. The van der Waals surface area contributed by atoms with Gasteiger partial charge in [0.05, 0.1) is 27.6 Å². The molecule has 4 rings (SSSR count). The summed E-state index contributed by atoms with van der Waals surface area (Å²) in [6.45, 7) is 3.82. The third-order valence-corrected chi connectivity index (χ3v) is 4.99. The number of aromatic nitrogens is 2. The van der Waals surface area contributed by atoms with Crippen LogP contribution in [0.15, 0.2) is 72.8 Å². The van der Waals surface area contributed by atoms with Gasteiger partial charge in [-0.3, -0.25) is 10.1 Å². The zero-order valence-corrected chi connectivity index (χ0v) is 19.3. The molecule has 0 atom stereocenters. The molecule has 0 radical (unpaired) electrons. The van der Waals surface area contributed by atoms with Gasteiger partial charge in [0, 0.05) is 12.1 Å². The summed E-state index contributed by atoms with van der Waals surface area (Å²) in [5.41, 5.74) is 3.85. The number of nitro groups is 1. The Balaban J connectivity index is 1.57. The Bertz CT molecular complexity index is 1400. The summed E-state index contributed by atoms with van der Waals surface area (Å²) in [6.07, 6.45) is 3.26. The summed E-state index contributed by atoms with van der Waals surface area (Å²) >= 11 is 0. The van der Waals surface area contributed by atoms with E-state index in [9.17, 15) is 14.9 Å². The first-order valence-electron chi connectivity index (χ1n) is 11.0. The topological polar surface area (TPSA) is 104 Å². The van der Waals surface area contributed by atoms with Crippen molar-refractivity contribution < 1.29 is 19.2 Å². The quantitative estimate of drug-likeness (QED) is 0.181. The van der Waals surface area contributed by atoms with Gasteiger partial charge in [-0.1, -0.05) is 42.5 Å². The average molecular weight is 469 g/mol. The molecule has 1 heterocycles. The minimum absolute atomic E-state index is 0.00828. The minimum Gasteiger partial charge on any atom is -0.471 e. The lowest BCUT2D eigenvalue weighted by Crippen LogP contribution is -2.11. The highest BCUT2D eigenvalue weighted by atomic mass is 16.6. The van der Waals surface area contributed by atoms with Gasteiger partial charge >= 0.3 is 5.97 Å². The van der Waals surface area contributed by atoms with E-state index in [2.05, 4.69) is 9.97 Å². The van der Waals surface area contributed by atoms with Crippen LogP contribution in [0.5, 0.6) is 5.88 Å². The van der Waals surface area contributed by atoms with Gasteiger partial charge in [0.2, 0.25) is 5.88 Å². The second-order valence-corrected chi connectivity index (χ2v) is 8.03. The number of rotatable bonds is 8. The molecule has 1 aromatic heterocycles. The maximum atomic E-state index is 12.0. The van der Waals surface area contributed by atoms with Crippen LogP contribution in [0.2, 0.25) is 0 Å². The van der Waals surface area contributed by atoms with Crippen LogP contribution in [0.4, 0.5) is 5.69 Å². The molecule has 0 aliphatic carbocycles. The van der Waals surface area contributed by atoms with E-state index in [4.69, 9.17) is 9.47 Å². The normalized spacial score (nSPS) is 11.2. The number of hydrogen-bond donors (Lipinski definition) is 0. The molecule has 0 bridgehead atoms. The molecule has 8 heteroatoms. The van der Waals surface area contributed by atoms with Gasteiger partial charge in [-0.15, -0.1) is 0 Å². The number of benzene rings is 3. The van der Waals surface area contributed by atoms with Crippen molar-refractivity contribution in [1.29, 1.82) is 0 Å². The maximum absolute atomic E-state index is 12.0. The molecule has 3 aromatic carbocycles. The molecule has 35 heavy (non-hydrogen) atoms. The van der Waals surface area contributed by atoms with Gasteiger partial charge in [-0.2, -0.15) is 0 Å². The Morgan fingerprint density at radius 2 is 1.69 bits per heavy atom. The van der Waals surface area contributed by atoms with Crippen LogP contribution in [0, 0.1) is 10.1 Å². The number of carbonyl (C=O) groups is 1. The minimum atomic E-state index is -0.435. The molecule has 0 fully saturated rings. The van der Waals surface area contributed by atoms with E-state index in [1.165, 1.54) is 12.1 Å². The summed E-state index contributed by atoms with van der Waals surface area (Å²) in [5.74, 6) is -0.0462. The zero-order valence-electron chi connectivity index (χ0n) is 19.3. The van der Waals surface area contributed by atoms with Crippen molar-refractivity contribution in [2.75, 3.05) is 0 Å². The van der Waals surface area contributed by atoms with Crippen molar-refractivity contribution in [2.24, 2.45) is 0 Å². The van der Waals surface area contributed by atoms with Crippen LogP contribution in [0.25, 0.3) is 23.2 Å². The molecule has 0 unspecified atom stereocenters. The number of nitro benzene ring substituents is 1. The third-order valence-electron chi connectivity index (χ3n) is 4.99. The largest absolute Gasteiger partial charge is 0.471 e. The number of non-ortho nitro benzene ring substituents is 1. The van der Waals surface area contributed by atoms with E-state index in [0.29, 0.717) is 33.7 Å². The van der Waals surface area contributed by atoms with E-state index >= 15 is 0 Å². The molecule has 0 saturated heterocycles. The van der Waals surface area contributed by atoms with Gasteiger partial charge in [0.1, 0.15) is 12.3 Å². The first kappa shape index (κ1) is 23.6.